The first-order valence-electron chi connectivity index (χ1n) is 6.45. The molecular weight excluding hydrogens is 188 g/mol. The molecule has 0 N–H and O–H groups in total. The largest absolute Gasteiger partial charge is 0.380 e. The minimum absolute atomic E-state index is 0.213. The Morgan fingerprint density at radius 2 is 1.93 bits per heavy atom. The van der Waals surface area contributed by atoms with Gasteiger partial charge in [0.1, 0.15) is 5.78 Å². The molecule has 1 aliphatic heterocycles. The number of ketones is 1. The Morgan fingerprint density at radius 3 is 2.67 bits per heavy atom. The summed E-state index contributed by atoms with van der Waals surface area (Å²) >= 11 is 0. The smallest absolute Gasteiger partial charge is 0.140 e. The van der Waals surface area contributed by atoms with E-state index in [1.807, 2.05) is 0 Å². The van der Waals surface area contributed by atoms with Gasteiger partial charge in [-0.25, -0.2) is 0 Å². The minimum atomic E-state index is 0.213. The van der Waals surface area contributed by atoms with Gasteiger partial charge in [-0.3, -0.25) is 4.79 Å². The monoisotopic (exact) mass is 212 g/mol. The average Bonchev–Trinajstić information content (AvgIpc) is 2.25. The van der Waals surface area contributed by atoms with Crippen molar-refractivity contribution in [2.45, 2.75) is 58.3 Å². The highest BCUT2D eigenvalue weighted by Crippen LogP contribution is 2.17. The molecule has 0 aliphatic carbocycles. The molecule has 2 nitrogen and oxygen atoms in total. The van der Waals surface area contributed by atoms with Gasteiger partial charge in [-0.05, 0) is 6.42 Å². The highest BCUT2D eigenvalue weighted by atomic mass is 16.5. The van der Waals surface area contributed by atoms with E-state index < -0.39 is 0 Å². The van der Waals surface area contributed by atoms with Crippen LogP contribution in [0, 0.1) is 5.92 Å². The quantitative estimate of drug-likeness (QED) is 0.605. The molecule has 0 amide bonds. The topological polar surface area (TPSA) is 26.3 Å². The van der Waals surface area contributed by atoms with Gasteiger partial charge in [0.15, 0.2) is 0 Å². The van der Waals surface area contributed by atoms with Gasteiger partial charge in [0.2, 0.25) is 0 Å². The van der Waals surface area contributed by atoms with Gasteiger partial charge < -0.3 is 4.74 Å². The van der Waals surface area contributed by atoms with Crippen molar-refractivity contribution in [1.82, 2.24) is 0 Å². The van der Waals surface area contributed by atoms with Crippen LogP contribution in [0.15, 0.2) is 0 Å². The van der Waals surface area contributed by atoms with E-state index in [4.69, 9.17) is 4.74 Å². The van der Waals surface area contributed by atoms with Crippen LogP contribution in [-0.4, -0.2) is 19.0 Å². The zero-order valence-electron chi connectivity index (χ0n) is 9.96. The Morgan fingerprint density at radius 1 is 1.20 bits per heavy atom. The molecule has 1 aliphatic rings. The maximum atomic E-state index is 11.5. The number of carbonyl (C=O) groups is 1. The first kappa shape index (κ1) is 12.7. The summed E-state index contributed by atoms with van der Waals surface area (Å²) in [6.45, 7) is 3.55. The lowest BCUT2D eigenvalue weighted by atomic mass is 9.94. The number of carbonyl (C=O) groups excluding carboxylic acids is 1. The highest BCUT2D eigenvalue weighted by Gasteiger charge is 2.21. The van der Waals surface area contributed by atoms with Crippen LogP contribution in [0.4, 0.5) is 0 Å². The van der Waals surface area contributed by atoms with E-state index in [0.717, 1.165) is 6.42 Å². The number of unbranched alkanes of at least 4 members (excludes halogenated alkanes) is 5. The third-order valence-electron chi connectivity index (χ3n) is 3.17. The lowest BCUT2D eigenvalue weighted by molar-refractivity contribution is -0.130. The third-order valence-corrected chi connectivity index (χ3v) is 3.17. The summed E-state index contributed by atoms with van der Waals surface area (Å²) in [6, 6.07) is 0. The van der Waals surface area contributed by atoms with Crippen LogP contribution >= 0.6 is 0 Å². The maximum absolute atomic E-state index is 11.5. The van der Waals surface area contributed by atoms with Gasteiger partial charge in [-0.2, -0.15) is 0 Å². The van der Waals surface area contributed by atoms with E-state index in [1.165, 1.54) is 38.5 Å². The summed E-state index contributed by atoms with van der Waals surface area (Å²) < 4.78 is 5.33. The first-order valence-corrected chi connectivity index (χ1v) is 6.45. The van der Waals surface area contributed by atoms with Crippen LogP contribution in [-0.2, 0) is 9.53 Å². The summed E-state index contributed by atoms with van der Waals surface area (Å²) in [5.41, 5.74) is 0. The molecule has 0 aromatic rings. The zero-order valence-corrected chi connectivity index (χ0v) is 9.96. The van der Waals surface area contributed by atoms with Crippen LogP contribution in [0.5, 0.6) is 0 Å². The zero-order chi connectivity index (χ0) is 10.9. The Hall–Kier alpha value is -0.370. The molecule has 0 aromatic carbocycles. The fourth-order valence-corrected chi connectivity index (χ4v) is 2.11. The summed E-state index contributed by atoms with van der Waals surface area (Å²) in [5.74, 6) is 0.639. The highest BCUT2D eigenvalue weighted by molar-refractivity contribution is 5.81. The second-order valence-electron chi connectivity index (χ2n) is 4.54. The molecule has 88 valence electrons. The van der Waals surface area contributed by atoms with E-state index >= 15 is 0 Å². The van der Waals surface area contributed by atoms with Gasteiger partial charge in [0.25, 0.3) is 0 Å². The van der Waals surface area contributed by atoms with E-state index in [9.17, 15) is 4.79 Å². The van der Waals surface area contributed by atoms with Gasteiger partial charge >= 0.3 is 0 Å². The summed E-state index contributed by atoms with van der Waals surface area (Å²) in [5, 5.41) is 0. The Labute approximate surface area is 93.4 Å². The van der Waals surface area contributed by atoms with Crippen molar-refractivity contribution >= 4 is 5.78 Å². The molecule has 15 heavy (non-hydrogen) atoms. The normalized spacial score (nSPS) is 21.9. The molecule has 1 unspecified atom stereocenters. The number of rotatable bonds is 7. The van der Waals surface area contributed by atoms with Crippen LogP contribution in [0.1, 0.15) is 58.3 Å². The second-order valence-corrected chi connectivity index (χ2v) is 4.54. The van der Waals surface area contributed by atoms with Crippen molar-refractivity contribution in [1.29, 1.82) is 0 Å². The van der Waals surface area contributed by atoms with Gasteiger partial charge in [0, 0.05) is 12.3 Å². The van der Waals surface area contributed by atoms with E-state index in [0.29, 0.717) is 25.4 Å². The minimum Gasteiger partial charge on any atom is -0.380 e. The van der Waals surface area contributed by atoms with Crippen molar-refractivity contribution in [3.05, 3.63) is 0 Å². The SMILES string of the molecule is CCCCCCCCC1COCCC1=O. The molecular formula is C13H24O2. The molecule has 0 bridgehead atoms. The van der Waals surface area contributed by atoms with Crippen molar-refractivity contribution < 1.29 is 9.53 Å². The Balaban J connectivity index is 1.96. The molecule has 1 saturated heterocycles. The Bertz CT molecular complexity index is 177. The maximum Gasteiger partial charge on any atom is 0.140 e. The van der Waals surface area contributed by atoms with E-state index in [2.05, 4.69) is 6.92 Å². The average molecular weight is 212 g/mol. The van der Waals surface area contributed by atoms with Crippen molar-refractivity contribution in [2.24, 2.45) is 5.92 Å². The predicted octanol–water partition coefficient (Wildman–Crippen LogP) is 3.34. The molecule has 0 saturated carbocycles. The number of hydrogen-bond acceptors (Lipinski definition) is 2. The molecule has 1 rings (SSSR count). The third kappa shape index (κ3) is 5.31. The fourth-order valence-electron chi connectivity index (χ4n) is 2.11. The molecule has 0 spiro atoms. The van der Waals surface area contributed by atoms with Crippen LogP contribution in [0.3, 0.4) is 0 Å². The molecule has 1 heterocycles. The second kappa shape index (κ2) is 7.86. The van der Waals surface area contributed by atoms with Gasteiger partial charge in [-0.15, -0.1) is 0 Å². The summed E-state index contributed by atoms with van der Waals surface area (Å²) in [6.07, 6.45) is 9.50. The molecule has 2 heteroatoms. The fraction of sp³-hybridized carbons (Fsp3) is 0.923. The van der Waals surface area contributed by atoms with Crippen molar-refractivity contribution in [3.63, 3.8) is 0 Å². The summed E-state index contributed by atoms with van der Waals surface area (Å²) in [4.78, 5) is 11.5. The van der Waals surface area contributed by atoms with E-state index in [1.54, 1.807) is 0 Å². The predicted molar refractivity (Wildman–Crippen MR) is 61.9 cm³/mol. The molecule has 0 aromatic heterocycles. The molecule has 1 atom stereocenters. The van der Waals surface area contributed by atoms with Crippen LogP contribution in [0.25, 0.3) is 0 Å². The van der Waals surface area contributed by atoms with E-state index in [-0.39, 0.29) is 5.92 Å². The number of hydrogen-bond donors (Lipinski definition) is 0. The lowest BCUT2D eigenvalue weighted by Crippen LogP contribution is -2.27. The van der Waals surface area contributed by atoms with Crippen LogP contribution in [0.2, 0.25) is 0 Å². The number of Topliss-reactive ketones (excluding diaryl/α,β-unsaturated/α-hetero) is 1. The van der Waals surface area contributed by atoms with Gasteiger partial charge in [-0.1, -0.05) is 45.4 Å². The van der Waals surface area contributed by atoms with Gasteiger partial charge in [0.05, 0.1) is 13.2 Å². The standard InChI is InChI=1S/C13H24O2/c1-2-3-4-5-6-7-8-12-11-15-10-9-13(12)14/h12H,2-11H2,1H3. The Kier molecular flexibility index (Phi) is 6.66. The van der Waals surface area contributed by atoms with Crippen molar-refractivity contribution in [2.75, 3.05) is 13.2 Å². The van der Waals surface area contributed by atoms with Crippen molar-refractivity contribution in [3.8, 4) is 0 Å². The van der Waals surface area contributed by atoms with Crippen LogP contribution < -0.4 is 0 Å². The first-order chi connectivity index (χ1) is 7.34. The molecule has 0 radical (unpaired) electrons. The lowest BCUT2D eigenvalue weighted by Gasteiger charge is -2.20. The molecule has 1 fully saturated rings. The summed E-state index contributed by atoms with van der Waals surface area (Å²) in [7, 11) is 0. The number of ether oxygens (including phenoxy) is 1.